The summed E-state index contributed by atoms with van der Waals surface area (Å²) in [7, 11) is 1.56. The van der Waals surface area contributed by atoms with Crippen LogP contribution in [0.25, 0.3) is 11.0 Å². The van der Waals surface area contributed by atoms with Crippen molar-refractivity contribution in [2.24, 2.45) is 0 Å². The number of amides is 1. The first-order valence-electron chi connectivity index (χ1n) is 10.2. The fourth-order valence-corrected chi connectivity index (χ4v) is 3.69. The van der Waals surface area contributed by atoms with Gasteiger partial charge in [0.15, 0.2) is 0 Å². The van der Waals surface area contributed by atoms with Crippen LogP contribution in [-0.4, -0.2) is 34.6 Å². The van der Waals surface area contributed by atoms with Crippen LogP contribution < -0.4 is 15.7 Å². The lowest BCUT2D eigenvalue weighted by Gasteiger charge is -2.19. The van der Waals surface area contributed by atoms with Crippen LogP contribution in [-0.2, 0) is 11.2 Å². The minimum absolute atomic E-state index is 0.0357. The van der Waals surface area contributed by atoms with Gasteiger partial charge in [-0.1, -0.05) is 24.3 Å². The number of H-pyrrole nitrogens is 1. The van der Waals surface area contributed by atoms with Gasteiger partial charge < -0.3 is 24.6 Å². The molecular weight excluding hydrogens is 410 g/mol. The molecule has 3 N–H and O–H groups in total. The summed E-state index contributed by atoms with van der Waals surface area (Å²) in [5, 5.41) is 14.2. The van der Waals surface area contributed by atoms with Crippen molar-refractivity contribution >= 4 is 16.9 Å². The second-order valence-corrected chi connectivity index (χ2v) is 7.35. The number of nitrogens with one attached hydrogen (secondary N) is 2. The van der Waals surface area contributed by atoms with Crippen molar-refractivity contribution in [2.45, 2.75) is 18.8 Å². The number of para-hydroxylation sites is 1. The molecule has 0 saturated carbocycles. The Morgan fingerprint density at radius 1 is 1.22 bits per heavy atom. The molecule has 4 rings (SSSR count). The van der Waals surface area contributed by atoms with E-state index in [0.29, 0.717) is 29.7 Å². The number of rotatable bonds is 8. The van der Waals surface area contributed by atoms with Crippen molar-refractivity contribution in [3.63, 3.8) is 0 Å². The van der Waals surface area contributed by atoms with Crippen LogP contribution in [0.4, 0.5) is 0 Å². The van der Waals surface area contributed by atoms with Crippen molar-refractivity contribution in [2.75, 3.05) is 13.7 Å². The molecular formula is C24H23N3O5. The molecule has 0 aliphatic carbocycles. The smallest absolute Gasteiger partial charge is 0.343 e. The van der Waals surface area contributed by atoms with E-state index >= 15 is 0 Å². The molecule has 2 heterocycles. The molecule has 0 unspecified atom stereocenters. The third kappa shape index (κ3) is 4.49. The van der Waals surface area contributed by atoms with Gasteiger partial charge in [-0.3, -0.25) is 4.79 Å². The Morgan fingerprint density at radius 3 is 2.72 bits per heavy atom. The van der Waals surface area contributed by atoms with Gasteiger partial charge in [0.2, 0.25) is 5.91 Å². The summed E-state index contributed by atoms with van der Waals surface area (Å²) in [5.74, 6) is -0.486. The number of aromatic nitrogens is 2. The number of benzene rings is 2. The lowest BCUT2D eigenvalue weighted by molar-refractivity contribution is -0.121. The quantitative estimate of drug-likeness (QED) is 0.368. The van der Waals surface area contributed by atoms with E-state index in [2.05, 4.69) is 15.3 Å². The number of aromatic hydroxyl groups is 1. The van der Waals surface area contributed by atoms with Gasteiger partial charge in [-0.15, -0.1) is 0 Å². The maximum absolute atomic E-state index is 12.8. The van der Waals surface area contributed by atoms with Crippen LogP contribution in [0.1, 0.15) is 29.2 Å². The van der Waals surface area contributed by atoms with Crippen molar-refractivity contribution in [3.05, 3.63) is 88.3 Å². The van der Waals surface area contributed by atoms with Crippen molar-refractivity contribution < 1.29 is 19.1 Å². The van der Waals surface area contributed by atoms with E-state index in [-0.39, 0.29) is 29.2 Å². The van der Waals surface area contributed by atoms with Crippen LogP contribution >= 0.6 is 0 Å². The molecule has 8 nitrogen and oxygen atoms in total. The Balaban J connectivity index is 1.65. The fourth-order valence-electron chi connectivity index (χ4n) is 3.69. The van der Waals surface area contributed by atoms with E-state index in [9.17, 15) is 14.7 Å². The van der Waals surface area contributed by atoms with Crippen LogP contribution in [0.5, 0.6) is 11.5 Å². The first-order chi connectivity index (χ1) is 15.6. The summed E-state index contributed by atoms with van der Waals surface area (Å²) in [6, 6.07) is 13.8. The predicted octanol–water partition coefficient (Wildman–Crippen LogP) is 3.11. The number of imidazole rings is 1. The highest BCUT2D eigenvalue weighted by molar-refractivity contribution is 5.85. The van der Waals surface area contributed by atoms with E-state index < -0.39 is 11.5 Å². The molecule has 2 aromatic carbocycles. The number of hydrogen-bond donors (Lipinski definition) is 3. The molecule has 0 bridgehead atoms. The third-order valence-electron chi connectivity index (χ3n) is 5.35. The highest BCUT2D eigenvalue weighted by atomic mass is 16.5. The number of ether oxygens (including phenoxy) is 1. The average Bonchev–Trinajstić information content (AvgIpc) is 3.32. The van der Waals surface area contributed by atoms with E-state index in [4.69, 9.17) is 9.15 Å². The standard InChI is InChI=1S/C24H23N3O5/c1-31-17-8-6-15(7-9-17)19(12-21(28)26-11-10-16-13-25-14-27-16)22-23(29)18-4-2-3-5-20(18)32-24(22)30/h2-9,13-14,19,29H,10-12H2,1H3,(H,25,27)(H,26,28)/t19-/m0/s1. The van der Waals surface area contributed by atoms with Gasteiger partial charge in [0.05, 0.1) is 24.4 Å². The van der Waals surface area contributed by atoms with Gasteiger partial charge in [-0.2, -0.15) is 0 Å². The van der Waals surface area contributed by atoms with Crippen molar-refractivity contribution in [1.82, 2.24) is 15.3 Å². The van der Waals surface area contributed by atoms with E-state index in [1.54, 1.807) is 68.2 Å². The molecule has 8 heteroatoms. The van der Waals surface area contributed by atoms with Gasteiger partial charge in [0.25, 0.3) is 0 Å². The van der Waals surface area contributed by atoms with Crippen molar-refractivity contribution in [1.29, 1.82) is 0 Å². The molecule has 0 radical (unpaired) electrons. The van der Waals surface area contributed by atoms with Crippen LogP contribution in [0.15, 0.2) is 70.3 Å². The monoisotopic (exact) mass is 433 g/mol. The number of methoxy groups -OCH3 is 1. The van der Waals surface area contributed by atoms with Crippen LogP contribution in [0, 0.1) is 0 Å². The Hall–Kier alpha value is -4.07. The Morgan fingerprint density at radius 2 is 2.00 bits per heavy atom. The highest BCUT2D eigenvalue weighted by Crippen LogP contribution is 2.36. The van der Waals surface area contributed by atoms with Crippen molar-refractivity contribution in [3.8, 4) is 11.5 Å². The summed E-state index contributed by atoms with van der Waals surface area (Å²) < 4.78 is 10.7. The normalized spacial score (nSPS) is 11.9. The summed E-state index contributed by atoms with van der Waals surface area (Å²) in [6.45, 7) is 0.411. The molecule has 32 heavy (non-hydrogen) atoms. The zero-order valence-electron chi connectivity index (χ0n) is 17.5. The molecule has 2 aromatic heterocycles. The Labute approximate surface area is 183 Å². The second kappa shape index (κ2) is 9.38. The molecule has 164 valence electrons. The Bertz CT molecular complexity index is 1260. The summed E-state index contributed by atoms with van der Waals surface area (Å²) in [6.07, 6.45) is 3.84. The first-order valence-corrected chi connectivity index (χ1v) is 10.2. The van der Waals surface area contributed by atoms with E-state index in [1.807, 2.05) is 0 Å². The predicted molar refractivity (Wildman–Crippen MR) is 119 cm³/mol. The fraction of sp³-hybridized carbons (Fsp3) is 0.208. The first kappa shape index (κ1) is 21.2. The Kier molecular flexibility index (Phi) is 6.21. The highest BCUT2D eigenvalue weighted by Gasteiger charge is 2.27. The molecule has 1 amide bonds. The zero-order valence-corrected chi connectivity index (χ0v) is 17.5. The number of carbonyl (C=O) groups excluding carboxylic acids is 1. The minimum Gasteiger partial charge on any atom is -0.507 e. The van der Waals surface area contributed by atoms with Gasteiger partial charge in [-0.05, 0) is 29.8 Å². The van der Waals surface area contributed by atoms with E-state index in [1.165, 1.54) is 0 Å². The summed E-state index contributed by atoms with van der Waals surface area (Å²) in [4.78, 5) is 32.6. The van der Waals surface area contributed by atoms with Gasteiger partial charge >= 0.3 is 5.63 Å². The maximum atomic E-state index is 12.8. The summed E-state index contributed by atoms with van der Waals surface area (Å²) in [5.41, 5.74) is 1.26. The lowest BCUT2D eigenvalue weighted by atomic mass is 9.88. The second-order valence-electron chi connectivity index (χ2n) is 7.35. The van der Waals surface area contributed by atoms with Crippen LogP contribution in [0.3, 0.4) is 0 Å². The molecule has 0 spiro atoms. The van der Waals surface area contributed by atoms with Gasteiger partial charge in [0.1, 0.15) is 17.1 Å². The minimum atomic E-state index is -0.700. The molecule has 0 fully saturated rings. The molecule has 4 aromatic rings. The number of nitrogens with zero attached hydrogens (tertiary/aromatic N) is 1. The zero-order chi connectivity index (χ0) is 22.5. The number of fused-ring (bicyclic) bond motifs is 1. The molecule has 1 atom stereocenters. The number of carbonyl (C=O) groups is 1. The lowest BCUT2D eigenvalue weighted by Crippen LogP contribution is -2.28. The maximum Gasteiger partial charge on any atom is 0.343 e. The molecule has 0 aliphatic heterocycles. The molecule has 0 aliphatic rings. The average molecular weight is 433 g/mol. The third-order valence-corrected chi connectivity index (χ3v) is 5.35. The number of hydrogen-bond acceptors (Lipinski definition) is 6. The molecule has 0 saturated heterocycles. The van der Waals surface area contributed by atoms with Gasteiger partial charge in [0, 0.05) is 37.2 Å². The van der Waals surface area contributed by atoms with Gasteiger partial charge in [-0.25, -0.2) is 9.78 Å². The summed E-state index contributed by atoms with van der Waals surface area (Å²) >= 11 is 0. The largest absolute Gasteiger partial charge is 0.507 e. The van der Waals surface area contributed by atoms with E-state index in [0.717, 1.165) is 5.69 Å². The van der Waals surface area contributed by atoms with Crippen LogP contribution in [0.2, 0.25) is 0 Å². The topological polar surface area (TPSA) is 117 Å². The SMILES string of the molecule is COc1ccc([C@H](CC(=O)NCCc2cnc[nH]2)c2c(O)c3ccccc3oc2=O)cc1. The number of aromatic amines is 1.